The van der Waals surface area contributed by atoms with Gasteiger partial charge in [-0.15, -0.1) is 0 Å². The van der Waals surface area contributed by atoms with Gasteiger partial charge in [0.2, 0.25) is 0 Å². The normalized spacial score (nSPS) is 10.3. The number of halogens is 1. The molecular weight excluding hydrogens is 323 g/mol. The Balaban J connectivity index is 2.25. The Labute approximate surface area is 104 Å². The number of rotatable bonds is 3. The highest BCUT2D eigenvalue weighted by atomic mass is 127. The molecule has 2 aromatic heterocycles. The van der Waals surface area contributed by atoms with Crippen molar-refractivity contribution in [3.8, 4) is 0 Å². The van der Waals surface area contributed by atoms with Crippen molar-refractivity contribution in [2.45, 2.75) is 6.54 Å². The topological polar surface area (TPSA) is 65.1 Å². The zero-order valence-electron chi connectivity index (χ0n) is 8.09. The van der Waals surface area contributed by atoms with Crippen LogP contribution in [0.2, 0.25) is 0 Å². The maximum atomic E-state index is 11.7. The molecule has 0 aliphatic rings. The summed E-state index contributed by atoms with van der Waals surface area (Å²) in [5.41, 5.74) is 0.0167. The standard InChI is InChI=1S/C10H7IN2O3/c11-8-3-12-10(15)13(4-8)5-9(14)7-1-2-16-6-7/h1-4,6H,5H2. The summed E-state index contributed by atoms with van der Waals surface area (Å²) in [6, 6.07) is 1.56. The van der Waals surface area contributed by atoms with Gasteiger partial charge in [-0.25, -0.2) is 9.78 Å². The molecule has 2 heterocycles. The smallest absolute Gasteiger partial charge is 0.347 e. The second kappa shape index (κ2) is 4.60. The van der Waals surface area contributed by atoms with Gasteiger partial charge in [-0.3, -0.25) is 9.36 Å². The lowest BCUT2D eigenvalue weighted by Crippen LogP contribution is -2.26. The summed E-state index contributed by atoms with van der Waals surface area (Å²) >= 11 is 2.03. The monoisotopic (exact) mass is 330 g/mol. The molecule has 0 amide bonds. The maximum absolute atomic E-state index is 11.7. The maximum Gasteiger partial charge on any atom is 0.347 e. The molecule has 0 spiro atoms. The highest BCUT2D eigenvalue weighted by Crippen LogP contribution is 2.03. The van der Waals surface area contributed by atoms with Gasteiger partial charge in [0.05, 0.1) is 18.4 Å². The van der Waals surface area contributed by atoms with Crippen molar-refractivity contribution in [1.82, 2.24) is 9.55 Å². The summed E-state index contributed by atoms with van der Waals surface area (Å²) in [5.74, 6) is -0.181. The predicted molar refractivity (Wildman–Crippen MR) is 64.3 cm³/mol. The number of nitrogens with zero attached hydrogens (tertiary/aromatic N) is 2. The minimum Gasteiger partial charge on any atom is -0.472 e. The Hall–Kier alpha value is -1.44. The molecule has 0 aliphatic carbocycles. The first-order valence-electron chi connectivity index (χ1n) is 4.44. The van der Waals surface area contributed by atoms with Crippen LogP contribution in [-0.4, -0.2) is 15.3 Å². The van der Waals surface area contributed by atoms with Gasteiger partial charge in [-0.2, -0.15) is 0 Å². The molecule has 0 saturated heterocycles. The van der Waals surface area contributed by atoms with E-state index >= 15 is 0 Å². The van der Waals surface area contributed by atoms with Crippen LogP contribution < -0.4 is 5.69 Å². The molecule has 82 valence electrons. The summed E-state index contributed by atoms with van der Waals surface area (Å²) in [4.78, 5) is 26.7. The Morgan fingerprint density at radius 3 is 3.06 bits per heavy atom. The summed E-state index contributed by atoms with van der Waals surface area (Å²) in [6.45, 7) is -0.0256. The molecule has 5 nitrogen and oxygen atoms in total. The van der Waals surface area contributed by atoms with Gasteiger partial charge in [-0.05, 0) is 28.7 Å². The highest BCUT2D eigenvalue weighted by molar-refractivity contribution is 14.1. The number of Topliss-reactive ketones (excluding diaryl/α,β-unsaturated/α-hetero) is 1. The van der Waals surface area contributed by atoms with Crippen LogP contribution in [0.15, 0.2) is 40.2 Å². The van der Waals surface area contributed by atoms with Crippen LogP contribution in [0.4, 0.5) is 0 Å². The third-order valence-electron chi connectivity index (χ3n) is 1.98. The number of carbonyl (C=O) groups is 1. The summed E-state index contributed by atoms with van der Waals surface area (Å²) in [5, 5.41) is 0. The van der Waals surface area contributed by atoms with Gasteiger partial charge >= 0.3 is 5.69 Å². The van der Waals surface area contributed by atoms with E-state index in [9.17, 15) is 9.59 Å². The van der Waals surface area contributed by atoms with E-state index in [1.165, 1.54) is 23.3 Å². The summed E-state index contributed by atoms with van der Waals surface area (Å²) < 4.78 is 6.88. The van der Waals surface area contributed by atoms with Gasteiger partial charge in [0.25, 0.3) is 0 Å². The fraction of sp³-hybridized carbons (Fsp3) is 0.100. The van der Waals surface area contributed by atoms with Gasteiger partial charge in [0.15, 0.2) is 5.78 Å². The third-order valence-corrected chi connectivity index (χ3v) is 2.54. The molecule has 0 radical (unpaired) electrons. The molecule has 16 heavy (non-hydrogen) atoms. The Kier molecular flexibility index (Phi) is 3.18. The second-order valence-corrected chi connectivity index (χ2v) is 4.36. The summed E-state index contributed by atoms with van der Waals surface area (Å²) in [7, 11) is 0. The molecule has 0 saturated carbocycles. The zero-order valence-corrected chi connectivity index (χ0v) is 10.2. The van der Waals surface area contributed by atoms with Crippen LogP contribution in [0.3, 0.4) is 0 Å². The first kappa shape index (κ1) is 11.1. The number of aromatic nitrogens is 2. The number of furan rings is 1. The fourth-order valence-corrected chi connectivity index (χ4v) is 1.69. The number of hydrogen-bond acceptors (Lipinski definition) is 4. The first-order chi connectivity index (χ1) is 7.66. The third kappa shape index (κ3) is 2.38. The lowest BCUT2D eigenvalue weighted by atomic mass is 10.2. The van der Waals surface area contributed by atoms with E-state index < -0.39 is 5.69 Å². The minimum absolute atomic E-state index is 0.0256. The highest BCUT2D eigenvalue weighted by Gasteiger charge is 2.09. The number of hydrogen-bond donors (Lipinski definition) is 0. The van der Waals surface area contributed by atoms with E-state index in [2.05, 4.69) is 4.98 Å². The summed E-state index contributed by atoms with van der Waals surface area (Å²) in [6.07, 6.45) is 5.83. The minimum atomic E-state index is -0.433. The van der Waals surface area contributed by atoms with E-state index in [1.54, 1.807) is 12.3 Å². The van der Waals surface area contributed by atoms with E-state index in [0.717, 1.165) is 3.57 Å². The average Bonchev–Trinajstić information content (AvgIpc) is 2.76. The van der Waals surface area contributed by atoms with Crippen molar-refractivity contribution < 1.29 is 9.21 Å². The van der Waals surface area contributed by atoms with Gasteiger partial charge in [0, 0.05) is 16.0 Å². The van der Waals surface area contributed by atoms with Crippen molar-refractivity contribution in [3.63, 3.8) is 0 Å². The molecule has 0 atom stereocenters. The van der Waals surface area contributed by atoms with Crippen LogP contribution in [0.1, 0.15) is 10.4 Å². The Bertz CT molecular complexity index is 560. The molecule has 0 aromatic carbocycles. The largest absolute Gasteiger partial charge is 0.472 e. The zero-order chi connectivity index (χ0) is 11.5. The van der Waals surface area contributed by atoms with Crippen molar-refractivity contribution in [2.24, 2.45) is 0 Å². The predicted octanol–water partition coefficient (Wildman–Crippen LogP) is 1.32. The molecule has 0 aliphatic heterocycles. The molecule has 2 rings (SSSR count). The lowest BCUT2D eigenvalue weighted by molar-refractivity contribution is 0.0969. The van der Waals surface area contributed by atoms with Crippen molar-refractivity contribution in [2.75, 3.05) is 0 Å². The molecule has 0 N–H and O–H groups in total. The van der Waals surface area contributed by atoms with E-state index in [-0.39, 0.29) is 12.3 Å². The lowest BCUT2D eigenvalue weighted by Gasteiger charge is -2.02. The van der Waals surface area contributed by atoms with Crippen molar-refractivity contribution in [1.29, 1.82) is 0 Å². The Morgan fingerprint density at radius 1 is 1.56 bits per heavy atom. The average molecular weight is 330 g/mol. The number of carbonyl (C=O) groups excluding carboxylic acids is 1. The number of ketones is 1. The van der Waals surface area contributed by atoms with Crippen LogP contribution in [-0.2, 0) is 6.54 Å². The molecule has 0 fully saturated rings. The van der Waals surface area contributed by atoms with Gasteiger partial charge < -0.3 is 4.42 Å². The van der Waals surface area contributed by atoms with E-state index in [0.29, 0.717) is 5.56 Å². The molecule has 0 bridgehead atoms. The SMILES string of the molecule is O=C(Cn1cc(I)cnc1=O)c1ccoc1. The van der Waals surface area contributed by atoms with E-state index in [1.807, 2.05) is 22.6 Å². The molecular formula is C10H7IN2O3. The molecule has 2 aromatic rings. The van der Waals surface area contributed by atoms with Crippen LogP contribution >= 0.6 is 22.6 Å². The van der Waals surface area contributed by atoms with Crippen LogP contribution in [0.5, 0.6) is 0 Å². The molecule has 0 unspecified atom stereocenters. The first-order valence-corrected chi connectivity index (χ1v) is 5.52. The van der Waals surface area contributed by atoms with Crippen molar-refractivity contribution in [3.05, 3.63) is 50.6 Å². The second-order valence-electron chi connectivity index (χ2n) is 3.12. The van der Waals surface area contributed by atoms with Gasteiger partial charge in [-0.1, -0.05) is 0 Å². The van der Waals surface area contributed by atoms with Crippen LogP contribution in [0, 0.1) is 3.57 Å². The fourth-order valence-electron chi connectivity index (χ4n) is 1.21. The Morgan fingerprint density at radius 2 is 2.38 bits per heavy atom. The molecule has 6 heteroatoms. The van der Waals surface area contributed by atoms with Crippen LogP contribution in [0.25, 0.3) is 0 Å². The van der Waals surface area contributed by atoms with Crippen molar-refractivity contribution >= 4 is 28.4 Å². The van der Waals surface area contributed by atoms with E-state index in [4.69, 9.17) is 4.42 Å². The van der Waals surface area contributed by atoms with Gasteiger partial charge in [0.1, 0.15) is 6.26 Å². The quantitative estimate of drug-likeness (QED) is 0.629.